The Kier molecular flexibility index (Phi) is 4.76. The van der Waals surface area contributed by atoms with Crippen molar-refractivity contribution in [3.8, 4) is 17.1 Å². The second-order valence-electron chi connectivity index (χ2n) is 5.36. The molecule has 3 rings (SSSR count). The molecule has 1 N–H and O–H groups in total. The minimum Gasteiger partial charge on any atom is -0.495 e. The molecule has 25 heavy (non-hydrogen) atoms. The van der Waals surface area contributed by atoms with Crippen LogP contribution >= 0.6 is 0 Å². The molecule has 0 fully saturated rings. The van der Waals surface area contributed by atoms with E-state index in [1.165, 1.54) is 19.4 Å². The number of methoxy groups -OCH3 is 1. The van der Waals surface area contributed by atoms with Gasteiger partial charge in [0.05, 0.1) is 19.0 Å². The smallest absolute Gasteiger partial charge is 0.265 e. The van der Waals surface area contributed by atoms with Gasteiger partial charge in [0.1, 0.15) is 10.6 Å². The summed E-state index contributed by atoms with van der Waals surface area (Å²) in [4.78, 5) is 0.0594. The maximum atomic E-state index is 12.8. The first kappa shape index (κ1) is 17.0. The van der Waals surface area contributed by atoms with Gasteiger partial charge in [0.15, 0.2) is 5.76 Å². The molecule has 2 aromatic carbocycles. The number of ether oxygens (including phenoxy) is 1. The molecule has 0 unspecified atom stereocenters. The molecule has 3 aromatic rings. The van der Waals surface area contributed by atoms with Crippen LogP contribution in [0.2, 0.25) is 0 Å². The van der Waals surface area contributed by atoms with Crippen molar-refractivity contribution < 1.29 is 17.7 Å². The molecule has 0 amide bonds. The van der Waals surface area contributed by atoms with E-state index in [1.54, 1.807) is 30.3 Å². The van der Waals surface area contributed by atoms with E-state index in [1.807, 2.05) is 19.1 Å². The summed E-state index contributed by atoms with van der Waals surface area (Å²) in [6.07, 6.45) is 2.25. The lowest BCUT2D eigenvalue weighted by Crippen LogP contribution is -2.15. The van der Waals surface area contributed by atoms with Crippen LogP contribution in [-0.2, 0) is 16.4 Å². The fraction of sp³-hybridized carbons (Fsp3) is 0.167. The van der Waals surface area contributed by atoms with E-state index in [-0.39, 0.29) is 10.6 Å². The number of hydrogen-bond donors (Lipinski definition) is 1. The predicted octanol–water partition coefficient (Wildman–Crippen LogP) is 3.71. The lowest BCUT2D eigenvalue weighted by atomic mass is 10.1. The van der Waals surface area contributed by atoms with Crippen molar-refractivity contribution in [1.82, 2.24) is 5.16 Å². The third-order valence-corrected chi connectivity index (χ3v) is 5.22. The number of hydrogen-bond acceptors (Lipinski definition) is 5. The van der Waals surface area contributed by atoms with Crippen LogP contribution in [0, 0.1) is 0 Å². The van der Waals surface area contributed by atoms with Gasteiger partial charge in [0.25, 0.3) is 10.0 Å². The molecule has 0 aliphatic carbocycles. The van der Waals surface area contributed by atoms with Crippen LogP contribution in [-0.4, -0.2) is 20.7 Å². The number of nitrogens with zero attached hydrogens (tertiary/aromatic N) is 1. The van der Waals surface area contributed by atoms with E-state index >= 15 is 0 Å². The summed E-state index contributed by atoms with van der Waals surface area (Å²) in [6, 6.07) is 13.8. The van der Waals surface area contributed by atoms with Crippen molar-refractivity contribution in [2.75, 3.05) is 11.8 Å². The summed E-state index contributed by atoms with van der Waals surface area (Å²) in [6.45, 7) is 1.97. The van der Waals surface area contributed by atoms with E-state index in [9.17, 15) is 8.42 Å². The van der Waals surface area contributed by atoms with Crippen molar-refractivity contribution in [3.63, 3.8) is 0 Å². The lowest BCUT2D eigenvalue weighted by molar-refractivity contribution is 0.402. The second-order valence-corrected chi connectivity index (χ2v) is 7.01. The van der Waals surface area contributed by atoms with Gasteiger partial charge in [0, 0.05) is 11.6 Å². The maximum absolute atomic E-state index is 12.8. The van der Waals surface area contributed by atoms with Crippen molar-refractivity contribution in [2.24, 2.45) is 0 Å². The second kappa shape index (κ2) is 6.98. The van der Waals surface area contributed by atoms with Crippen molar-refractivity contribution in [1.29, 1.82) is 0 Å². The van der Waals surface area contributed by atoms with Crippen molar-refractivity contribution in [3.05, 3.63) is 60.3 Å². The van der Waals surface area contributed by atoms with E-state index in [2.05, 4.69) is 9.88 Å². The molecular weight excluding hydrogens is 340 g/mol. The molecule has 0 spiro atoms. The van der Waals surface area contributed by atoms with Crippen LogP contribution in [0.4, 0.5) is 5.69 Å². The fourth-order valence-electron chi connectivity index (χ4n) is 2.54. The summed E-state index contributed by atoms with van der Waals surface area (Å²) < 4.78 is 38.7. The highest BCUT2D eigenvalue weighted by molar-refractivity contribution is 7.92. The van der Waals surface area contributed by atoms with Crippen LogP contribution in [0.1, 0.15) is 12.5 Å². The van der Waals surface area contributed by atoms with Crippen LogP contribution in [0.25, 0.3) is 11.3 Å². The van der Waals surface area contributed by atoms with E-state index < -0.39 is 10.0 Å². The van der Waals surface area contributed by atoms with Gasteiger partial charge in [-0.25, -0.2) is 8.42 Å². The topological polar surface area (TPSA) is 81.4 Å². The minimum atomic E-state index is -3.80. The predicted molar refractivity (Wildman–Crippen MR) is 95.1 cm³/mol. The Balaban J connectivity index is 1.99. The Bertz CT molecular complexity index is 967. The molecule has 0 saturated carbocycles. The van der Waals surface area contributed by atoms with Crippen molar-refractivity contribution in [2.45, 2.75) is 18.2 Å². The van der Waals surface area contributed by atoms with Gasteiger partial charge in [-0.2, -0.15) is 0 Å². The van der Waals surface area contributed by atoms with Gasteiger partial charge < -0.3 is 9.26 Å². The third kappa shape index (κ3) is 3.51. The molecule has 6 nitrogen and oxygen atoms in total. The Morgan fingerprint density at radius 3 is 2.64 bits per heavy atom. The number of anilines is 1. The molecule has 1 aromatic heterocycles. The molecule has 0 radical (unpaired) electrons. The quantitative estimate of drug-likeness (QED) is 0.726. The molecular formula is C18H18N2O4S. The first-order valence-electron chi connectivity index (χ1n) is 7.75. The highest BCUT2D eigenvalue weighted by Gasteiger charge is 2.21. The van der Waals surface area contributed by atoms with Gasteiger partial charge in [-0.1, -0.05) is 30.3 Å². The zero-order valence-corrected chi connectivity index (χ0v) is 14.7. The molecule has 0 aliphatic rings. The highest BCUT2D eigenvalue weighted by atomic mass is 32.2. The average molecular weight is 358 g/mol. The van der Waals surface area contributed by atoms with Crippen LogP contribution in [0.5, 0.6) is 5.75 Å². The Morgan fingerprint density at radius 2 is 1.96 bits per heavy atom. The zero-order chi connectivity index (χ0) is 17.9. The van der Waals surface area contributed by atoms with Gasteiger partial charge >= 0.3 is 0 Å². The summed E-state index contributed by atoms with van der Waals surface area (Å²) >= 11 is 0. The first-order chi connectivity index (χ1) is 12.0. The van der Waals surface area contributed by atoms with Gasteiger partial charge in [0.2, 0.25) is 0 Å². The number of benzene rings is 2. The Hall–Kier alpha value is -2.80. The standard InChI is InChI=1S/C18H18N2O4S/c1-3-13-6-4-5-7-15(13)20-25(21,22)18-9-8-14(12-17(18)23-2)16-10-11-19-24-16/h4-12,20H,3H2,1-2H3. The largest absolute Gasteiger partial charge is 0.495 e. The molecule has 0 atom stereocenters. The Labute approximate surface area is 146 Å². The van der Waals surface area contributed by atoms with Crippen molar-refractivity contribution >= 4 is 15.7 Å². The molecule has 0 aliphatic heterocycles. The van der Waals surface area contributed by atoms with Crippen LogP contribution < -0.4 is 9.46 Å². The van der Waals surface area contributed by atoms with Gasteiger partial charge in [-0.15, -0.1) is 0 Å². The number of para-hydroxylation sites is 1. The number of nitrogens with one attached hydrogen (secondary N) is 1. The molecule has 130 valence electrons. The number of aryl methyl sites for hydroxylation is 1. The monoisotopic (exact) mass is 358 g/mol. The normalized spacial score (nSPS) is 11.3. The minimum absolute atomic E-state index is 0.0594. The van der Waals surface area contributed by atoms with E-state index in [0.29, 0.717) is 17.0 Å². The number of aromatic nitrogens is 1. The van der Waals surface area contributed by atoms with E-state index in [0.717, 1.165) is 12.0 Å². The highest BCUT2D eigenvalue weighted by Crippen LogP contribution is 2.31. The average Bonchev–Trinajstić information content (AvgIpc) is 3.16. The van der Waals surface area contributed by atoms with Gasteiger partial charge in [-0.3, -0.25) is 4.72 Å². The summed E-state index contributed by atoms with van der Waals surface area (Å²) in [5.41, 5.74) is 2.16. The summed E-state index contributed by atoms with van der Waals surface area (Å²) in [5, 5.41) is 3.65. The Morgan fingerprint density at radius 1 is 1.16 bits per heavy atom. The zero-order valence-electron chi connectivity index (χ0n) is 13.9. The number of rotatable bonds is 6. The third-order valence-electron chi connectivity index (χ3n) is 3.82. The lowest BCUT2D eigenvalue weighted by Gasteiger charge is -2.14. The van der Waals surface area contributed by atoms with Gasteiger partial charge in [-0.05, 0) is 36.2 Å². The molecule has 1 heterocycles. The molecule has 0 bridgehead atoms. The summed E-state index contributed by atoms with van der Waals surface area (Å²) in [5.74, 6) is 0.766. The van der Waals surface area contributed by atoms with Crippen LogP contribution in [0.15, 0.2) is 64.1 Å². The summed E-state index contributed by atoms with van der Waals surface area (Å²) in [7, 11) is -2.37. The number of sulfonamides is 1. The molecule has 0 saturated heterocycles. The first-order valence-corrected chi connectivity index (χ1v) is 9.23. The fourth-order valence-corrected chi connectivity index (χ4v) is 3.79. The van der Waals surface area contributed by atoms with Crippen LogP contribution in [0.3, 0.4) is 0 Å². The van der Waals surface area contributed by atoms with E-state index in [4.69, 9.17) is 9.26 Å². The SMILES string of the molecule is CCc1ccccc1NS(=O)(=O)c1ccc(-c2ccno2)cc1OC. The maximum Gasteiger partial charge on any atom is 0.265 e. The molecule has 7 heteroatoms.